The zero-order valence-electron chi connectivity index (χ0n) is 4.14. The van der Waals surface area contributed by atoms with Crippen LogP contribution < -0.4 is 0 Å². The molecular formula is C3H8O3Y. The second kappa shape index (κ2) is 9.73. The second-order valence-electron chi connectivity index (χ2n) is 0.747. The van der Waals surface area contributed by atoms with Crippen LogP contribution in [0.5, 0.6) is 0 Å². The van der Waals surface area contributed by atoms with Crippen molar-refractivity contribution in [1.29, 1.82) is 0 Å². The van der Waals surface area contributed by atoms with Crippen molar-refractivity contribution in [3.05, 3.63) is 0 Å². The summed E-state index contributed by atoms with van der Waals surface area (Å²) in [5.41, 5.74) is 0. The van der Waals surface area contributed by atoms with Crippen molar-refractivity contribution < 1.29 is 48.1 Å². The fourth-order valence-electron chi connectivity index (χ4n) is 0. The summed E-state index contributed by atoms with van der Waals surface area (Å²) in [4.78, 5) is 9.37. The number of rotatable bonds is 1. The Labute approximate surface area is 67.3 Å². The molecule has 7 heavy (non-hydrogen) atoms. The molecule has 0 saturated heterocycles. The van der Waals surface area contributed by atoms with Gasteiger partial charge in [-0.15, -0.1) is 0 Å². The standard InChI is InChI=1S/C3H6O2.H2O.Y/c1-2-3(4)5;;/h2H2,1H3,(H,4,5);1H2;. The number of carboxylic acids is 1. The number of hydrogen-bond acceptors (Lipinski definition) is 1. The van der Waals surface area contributed by atoms with E-state index >= 15 is 0 Å². The third kappa shape index (κ3) is 20.9. The summed E-state index contributed by atoms with van der Waals surface area (Å²) in [7, 11) is 0. The first-order valence-electron chi connectivity index (χ1n) is 1.49. The van der Waals surface area contributed by atoms with Gasteiger partial charge in [-0.3, -0.25) is 4.79 Å². The quantitative estimate of drug-likeness (QED) is 0.600. The summed E-state index contributed by atoms with van der Waals surface area (Å²) in [6.45, 7) is 1.60. The minimum absolute atomic E-state index is 0. The van der Waals surface area contributed by atoms with Crippen LogP contribution in [0.15, 0.2) is 0 Å². The van der Waals surface area contributed by atoms with Crippen LogP contribution in [-0.4, -0.2) is 16.6 Å². The summed E-state index contributed by atoms with van der Waals surface area (Å²) in [5.74, 6) is -0.745. The molecule has 0 amide bonds. The molecule has 41 valence electrons. The monoisotopic (exact) mass is 181 g/mol. The maximum atomic E-state index is 9.37. The van der Waals surface area contributed by atoms with Crippen LogP contribution in [0.1, 0.15) is 13.3 Å². The molecule has 0 aromatic carbocycles. The molecule has 0 fully saturated rings. The van der Waals surface area contributed by atoms with E-state index in [1.165, 1.54) is 0 Å². The number of carbonyl (C=O) groups is 1. The molecule has 0 heterocycles. The van der Waals surface area contributed by atoms with E-state index in [0.29, 0.717) is 0 Å². The first-order valence-corrected chi connectivity index (χ1v) is 1.49. The Hall–Kier alpha value is 0.534. The zero-order valence-corrected chi connectivity index (χ0v) is 6.98. The minimum atomic E-state index is -0.745. The van der Waals surface area contributed by atoms with Gasteiger partial charge in [-0.2, -0.15) is 0 Å². The van der Waals surface area contributed by atoms with E-state index in [1.807, 2.05) is 0 Å². The van der Waals surface area contributed by atoms with Gasteiger partial charge in [0.05, 0.1) is 0 Å². The van der Waals surface area contributed by atoms with Crippen molar-refractivity contribution in [1.82, 2.24) is 0 Å². The molecular weight excluding hydrogens is 173 g/mol. The van der Waals surface area contributed by atoms with Crippen molar-refractivity contribution in [2.45, 2.75) is 13.3 Å². The van der Waals surface area contributed by atoms with Crippen LogP contribution in [-0.2, 0) is 37.5 Å². The van der Waals surface area contributed by atoms with E-state index < -0.39 is 5.97 Å². The predicted molar refractivity (Wildman–Crippen MR) is 21.5 cm³/mol. The van der Waals surface area contributed by atoms with Crippen molar-refractivity contribution in [2.24, 2.45) is 0 Å². The molecule has 0 bridgehead atoms. The number of carboxylic acid groups (broad SMARTS) is 1. The Bertz CT molecular complexity index is 45.4. The zero-order chi connectivity index (χ0) is 4.28. The van der Waals surface area contributed by atoms with Crippen LogP contribution in [0.2, 0.25) is 0 Å². The first-order chi connectivity index (χ1) is 2.27. The fraction of sp³-hybridized carbons (Fsp3) is 0.667. The van der Waals surface area contributed by atoms with E-state index in [1.54, 1.807) is 6.92 Å². The smallest absolute Gasteiger partial charge is 0.303 e. The SMILES string of the molecule is CCC(=O)O.O.[Y]. The Morgan fingerprint density at radius 1 is 1.71 bits per heavy atom. The summed E-state index contributed by atoms with van der Waals surface area (Å²) in [6, 6.07) is 0. The van der Waals surface area contributed by atoms with Gasteiger partial charge in [0.2, 0.25) is 0 Å². The van der Waals surface area contributed by atoms with E-state index in [-0.39, 0.29) is 44.6 Å². The molecule has 3 nitrogen and oxygen atoms in total. The summed E-state index contributed by atoms with van der Waals surface area (Å²) in [6.07, 6.45) is 0.222. The number of aliphatic carboxylic acids is 1. The van der Waals surface area contributed by atoms with Crippen LogP contribution in [0.3, 0.4) is 0 Å². The van der Waals surface area contributed by atoms with Crippen LogP contribution in [0.25, 0.3) is 0 Å². The number of hydrogen-bond donors (Lipinski definition) is 1. The van der Waals surface area contributed by atoms with Gasteiger partial charge in [-0.05, 0) is 0 Å². The van der Waals surface area contributed by atoms with E-state index in [0.717, 1.165) is 0 Å². The average Bonchev–Trinajstić information content (AvgIpc) is 1.38. The normalized spacial score (nSPS) is 5.29. The third-order valence-electron chi connectivity index (χ3n) is 0.302. The topological polar surface area (TPSA) is 68.8 Å². The van der Waals surface area contributed by atoms with Crippen LogP contribution >= 0.6 is 0 Å². The van der Waals surface area contributed by atoms with Crippen molar-refractivity contribution in [3.63, 3.8) is 0 Å². The van der Waals surface area contributed by atoms with Gasteiger partial charge in [-0.25, -0.2) is 0 Å². The first kappa shape index (κ1) is 15.6. The van der Waals surface area contributed by atoms with Gasteiger partial charge in [0.15, 0.2) is 0 Å². The molecule has 0 aromatic rings. The molecule has 0 atom stereocenters. The maximum Gasteiger partial charge on any atom is 0.303 e. The molecule has 0 aliphatic heterocycles. The third-order valence-corrected chi connectivity index (χ3v) is 0.302. The maximum absolute atomic E-state index is 9.37. The van der Waals surface area contributed by atoms with Gasteiger partial charge < -0.3 is 10.6 Å². The molecule has 0 unspecified atom stereocenters. The molecule has 0 saturated carbocycles. The molecule has 0 aliphatic carbocycles. The Morgan fingerprint density at radius 3 is 1.86 bits per heavy atom. The minimum Gasteiger partial charge on any atom is -0.481 e. The van der Waals surface area contributed by atoms with Crippen molar-refractivity contribution in [3.8, 4) is 0 Å². The predicted octanol–water partition coefficient (Wildman–Crippen LogP) is -0.346. The summed E-state index contributed by atoms with van der Waals surface area (Å²) >= 11 is 0. The van der Waals surface area contributed by atoms with Gasteiger partial charge in [-0.1, -0.05) is 6.92 Å². The molecule has 0 spiro atoms. The van der Waals surface area contributed by atoms with E-state index in [2.05, 4.69) is 0 Å². The molecule has 3 N–H and O–H groups in total. The molecule has 0 aromatic heterocycles. The van der Waals surface area contributed by atoms with Gasteiger partial charge >= 0.3 is 5.97 Å². The van der Waals surface area contributed by atoms with E-state index in [9.17, 15) is 4.79 Å². The molecule has 0 aliphatic rings. The van der Waals surface area contributed by atoms with E-state index in [4.69, 9.17) is 5.11 Å². The average molecular weight is 181 g/mol. The molecule has 0 rings (SSSR count). The Balaban J connectivity index is -0.0000000800. The van der Waals surface area contributed by atoms with Gasteiger partial charge in [0.1, 0.15) is 0 Å². The summed E-state index contributed by atoms with van der Waals surface area (Å²) < 4.78 is 0. The molecule has 1 radical (unpaired) electrons. The molecule has 4 heteroatoms. The van der Waals surface area contributed by atoms with Crippen molar-refractivity contribution in [2.75, 3.05) is 0 Å². The second-order valence-corrected chi connectivity index (χ2v) is 0.747. The summed E-state index contributed by atoms with van der Waals surface area (Å²) in [5, 5.41) is 7.72. The Kier molecular flexibility index (Phi) is 21.8. The van der Waals surface area contributed by atoms with Gasteiger partial charge in [0, 0.05) is 39.1 Å². The Morgan fingerprint density at radius 2 is 1.86 bits per heavy atom. The van der Waals surface area contributed by atoms with Crippen molar-refractivity contribution >= 4 is 5.97 Å². The van der Waals surface area contributed by atoms with Crippen LogP contribution in [0.4, 0.5) is 0 Å². The largest absolute Gasteiger partial charge is 0.481 e. The fourth-order valence-corrected chi connectivity index (χ4v) is 0. The van der Waals surface area contributed by atoms with Crippen LogP contribution in [0, 0.1) is 0 Å². The van der Waals surface area contributed by atoms with Gasteiger partial charge in [0.25, 0.3) is 0 Å².